The molecule has 146 valence electrons. The first-order valence-corrected chi connectivity index (χ1v) is 10.1. The zero-order valence-corrected chi connectivity index (χ0v) is 16.8. The highest BCUT2D eigenvalue weighted by Gasteiger charge is 2.36. The summed E-state index contributed by atoms with van der Waals surface area (Å²) in [7, 11) is 0. The lowest BCUT2D eigenvalue weighted by molar-refractivity contribution is -0.132. The third-order valence-electron chi connectivity index (χ3n) is 5.37. The second-order valence-corrected chi connectivity index (χ2v) is 8.29. The zero-order chi connectivity index (χ0) is 19.8. The maximum absolute atomic E-state index is 12.8. The summed E-state index contributed by atoms with van der Waals surface area (Å²) in [6.45, 7) is 1.23. The molecule has 0 aromatic heterocycles. The van der Waals surface area contributed by atoms with Gasteiger partial charge in [-0.05, 0) is 60.4 Å². The first kappa shape index (κ1) is 19.1. The summed E-state index contributed by atoms with van der Waals surface area (Å²) in [5.41, 5.74) is 9.19. The number of benzene rings is 2. The maximum atomic E-state index is 12.8. The smallest absolute Gasteiger partial charge is 0.231 e. The summed E-state index contributed by atoms with van der Waals surface area (Å²) in [4.78, 5) is 29.2. The number of amides is 2. The van der Waals surface area contributed by atoms with Crippen molar-refractivity contribution in [2.75, 3.05) is 23.7 Å². The van der Waals surface area contributed by atoms with Gasteiger partial charge in [0.2, 0.25) is 11.8 Å². The number of halogens is 2. The second kappa shape index (κ2) is 7.64. The third-order valence-corrected chi connectivity index (χ3v) is 5.80. The molecule has 5 nitrogen and oxygen atoms in total. The van der Waals surface area contributed by atoms with Gasteiger partial charge < -0.3 is 15.5 Å². The molecule has 28 heavy (non-hydrogen) atoms. The molecular formula is C21H21Cl2N3O2. The average Bonchev–Trinajstić information content (AvgIpc) is 2.95. The van der Waals surface area contributed by atoms with Crippen molar-refractivity contribution in [1.82, 2.24) is 4.90 Å². The lowest BCUT2D eigenvalue weighted by Crippen LogP contribution is -2.51. The summed E-state index contributed by atoms with van der Waals surface area (Å²) in [6, 6.07) is 10.7. The Balaban J connectivity index is 1.49. The van der Waals surface area contributed by atoms with E-state index in [1.54, 1.807) is 18.2 Å². The Labute approximate surface area is 174 Å². The fraction of sp³-hybridized carbons (Fsp3) is 0.333. The first-order valence-electron chi connectivity index (χ1n) is 9.34. The van der Waals surface area contributed by atoms with Gasteiger partial charge >= 0.3 is 0 Å². The highest BCUT2D eigenvalue weighted by Crippen LogP contribution is 2.34. The Hall–Kier alpha value is -2.24. The maximum Gasteiger partial charge on any atom is 0.231 e. The van der Waals surface area contributed by atoms with Gasteiger partial charge in [0.1, 0.15) is 0 Å². The molecule has 2 aromatic rings. The monoisotopic (exact) mass is 417 g/mol. The predicted octanol–water partition coefficient (Wildman–Crippen LogP) is 3.70. The van der Waals surface area contributed by atoms with Crippen LogP contribution in [0.25, 0.3) is 0 Å². The van der Waals surface area contributed by atoms with Crippen molar-refractivity contribution in [2.45, 2.75) is 31.7 Å². The fourth-order valence-corrected chi connectivity index (χ4v) is 4.73. The van der Waals surface area contributed by atoms with Crippen molar-refractivity contribution >= 4 is 46.4 Å². The molecule has 1 saturated heterocycles. The number of carbonyl (C=O) groups is 2. The van der Waals surface area contributed by atoms with Gasteiger partial charge in [-0.3, -0.25) is 9.59 Å². The largest absolute Gasteiger partial charge is 0.399 e. The quantitative estimate of drug-likeness (QED) is 0.774. The molecule has 7 heteroatoms. The molecule has 0 bridgehead atoms. The minimum Gasteiger partial charge on any atom is -0.399 e. The number of rotatable bonds is 3. The SMILES string of the molecule is Nc1ccc2c(c1)CC(=O)N2[C@H]1CCCN(C(=O)Cc2cc(Cl)cc(Cl)c2)C1. The van der Waals surface area contributed by atoms with E-state index in [-0.39, 0.29) is 24.3 Å². The lowest BCUT2D eigenvalue weighted by Gasteiger charge is -2.38. The molecule has 2 aromatic carbocycles. The molecule has 4 rings (SSSR count). The number of hydrogen-bond donors (Lipinski definition) is 1. The third kappa shape index (κ3) is 3.82. The van der Waals surface area contributed by atoms with Crippen LogP contribution in [-0.2, 0) is 22.4 Å². The van der Waals surface area contributed by atoms with E-state index < -0.39 is 0 Å². The molecule has 2 aliphatic heterocycles. The number of fused-ring (bicyclic) bond motifs is 1. The average molecular weight is 418 g/mol. The molecule has 2 aliphatic rings. The van der Waals surface area contributed by atoms with Crippen LogP contribution in [0.15, 0.2) is 36.4 Å². The van der Waals surface area contributed by atoms with Crippen LogP contribution >= 0.6 is 23.2 Å². The van der Waals surface area contributed by atoms with Crippen molar-refractivity contribution in [3.63, 3.8) is 0 Å². The van der Waals surface area contributed by atoms with E-state index in [0.29, 0.717) is 35.2 Å². The van der Waals surface area contributed by atoms with Crippen molar-refractivity contribution in [3.8, 4) is 0 Å². The van der Waals surface area contributed by atoms with E-state index >= 15 is 0 Å². The van der Waals surface area contributed by atoms with Gasteiger partial charge in [-0.15, -0.1) is 0 Å². The van der Waals surface area contributed by atoms with E-state index in [1.807, 2.05) is 28.0 Å². The summed E-state index contributed by atoms with van der Waals surface area (Å²) >= 11 is 12.1. The molecule has 1 fully saturated rings. The number of likely N-dealkylation sites (tertiary alicyclic amines) is 1. The number of nitrogens with zero attached hydrogens (tertiary/aromatic N) is 2. The van der Waals surface area contributed by atoms with Crippen LogP contribution in [0.3, 0.4) is 0 Å². The molecule has 2 heterocycles. The number of carbonyl (C=O) groups excluding carboxylic acids is 2. The molecule has 2 N–H and O–H groups in total. The first-order chi connectivity index (χ1) is 13.4. The standard InChI is InChI=1S/C21H21Cl2N3O2/c22-15-6-13(7-16(23)11-15)8-20(27)25-5-1-2-18(12-25)26-19-4-3-17(24)9-14(19)10-21(26)28/h3-4,6-7,9,11,18H,1-2,5,8,10,12,24H2/t18-/m0/s1. The predicted molar refractivity (Wildman–Crippen MR) is 112 cm³/mol. The molecule has 0 radical (unpaired) electrons. The van der Waals surface area contributed by atoms with Gasteiger partial charge in [0.15, 0.2) is 0 Å². The molecule has 0 saturated carbocycles. The highest BCUT2D eigenvalue weighted by molar-refractivity contribution is 6.34. The number of piperidine rings is 1. The highest BCUT2D eigenvalue weighted by atomic mass is 35.5. The minimum atomic E-state index is -0.0157. The molecule has 0 unspecified atom stereocenters. The van der Waals surface area contributed by atoms with E-state index in [4.69, 9.17) is 28.9 Å². The number of nitrogen functional groups attached to an aromatic ring is 1. The van der Waals surface area contributed by atoms with Crippen molar-refractivity contribution in [1.29, 1.82) is 0 Å². The Bertz CT molecular complexity index is 927. The Morgan fingerprint density at radius 1 is 1.14 bits per heavy atom. The van der Waals surface area contributed by atoms with E-state index in [2.05, 4.69) is 0 Å². The van der Waals surface area contributed by atoms with Crippen molar-refractivity contribution < 1.29 is 9.59 Å². The fourth-order valence-electron chi connectivity index (χ4n) is 4.16. The van der Waals surface area contributed by atoms with Gasteiger partial charge in [-0.25, -0.2) is 0 Å². The molecule has 0 aliphatic carbocycles. The van der Waals surface area contributed by atoms with E-state index in [0.717, 1.165) is 29.7 Å². The van der Waals surface area contributed by atoms with Crippen molar-refractivity contribution in [2.24, 2.45) is 0 Å². The summed E-state index contributed by atoms with van der Waals surface area (Å²) in [5.74, 6) is 0.0914. The van der Waals surface area contributed by atoms with Crippen LogP contribution in [0.4, 0.5) is 11.4 Å². The van der Waals surface area contributed by atoms with Crippen LogP contribution in [0.5, 0.6) is 0 Å². The Morgan fingerprint density at radius 2 is 1.89 bits per heavy atom. The summed E-state index contributed by atoms with van der Waals surface area (Å²) < 4.78 is 0. The van der Waals surface area contributed by atoms with Gasteiger partial charge in [-0.2, -0.15) is 0 Å². The molecule has 2 amide bonds. The summed E-state index contributed by atoms with van der Waals surface area (Å²) in [5, 5.41) is 1.04. The van der Waals surface area contributed by atoms with Crippen LogP contribution < -0.4 is 10.6 Å². The second-order valence-electron chi connectivity index (χ2n) is 7.42. The number of hydrogen-bond acceptors (Lipinski definition) is 3. The normalized spacial score (nSPS) is 19.1. The van der Waals surface area contributed by atoms with Gasteiger partial charge in [0, 0.05) is 34.5 Å². The summed E-state index contributed by atoms with van der Waals surface area (Å²) in [6.07, 6.45) is 2.35. The Morgan fingerprint density at radius 3 is 2.64 bits per heavy atom. The Kier molecular flexibility index (Phi) is 5.21. The number of anilines is 2. The van der Waals surface area contributed by atoms with Crippen LogP contribution in [0.1, 0.15) is 24.0 Å². The topological polar surface area (TPSA) is 66.6 Å². The van der Waals surface area contributed by atoms with Crippen LogP contribution in [0, 0.1) is 0 Å². The van der Waals surface area contributed by atoms with Crippen LogP contribution in [-0.4, -0.2) is 35.8 Å². The lowest BCUT2D eigenvalue weighted by atomic mass is 10.0. The van der Waals surface area contributed by atoms with Gasteiger partial charge in [0.05, 0.1) is 18.9 Å². The van der Waals surface area contributed by atoms with E-state index in [9.17, 15) is 9.59 Å². The zero-order valence-electron chi connectivity index (χ0n) is 15.3. The minimum absolute atomic E-state index is 0.0157. The van der Waals surface area contributed by atoms with Crippen LogP contribution in [0.2, 0.25) is 10.0 Å². The van der Waals surface area contributed by atoms with Gasteiger partial charge in [-0.1, -0.05) is 23.2 Å². The molecule has 1 atom stereocenters. The van der Waals surface area contributed by atoms with Gasteiger partial charge in [0.25, 0.3) is 0 Å². The molecular weight excluding hydrogens is 397 g/mol. The number of nitrogens with two attached hydrogens (primary N) is 1. The van der Waals surface area contributed by atoms with Crippen molar-refractivity contribution in [3.05, 3.63) is 57.6 Å². The molecule has 0 spiro atoms. The van der Waals surface area contributed by atoms with E-state index in [1.165, 1.54) is 0 Å².